The van der Waals surface area contributed by atoms with Gasteiger partial charge in [-0.15, -0.1) is 0 Å². The molecule has 7 heteroatoms. The summed E-state index contributed by atoms with van der Waals surface area (Å²) in [4.78, 5) is 32.4. The number of amides is 2. The largest absolute Gasteiger partial charge is 0.390 e. The molecule has 2 amide bonds. The number of likely N-dealkylation sites (tertiary alicyclic amines) is 2. The van der Waals surface area contributed by atoms with Gasteiger partial charge in [-0.05, 0) is 33.0 Å². The van der Waals surface area contributed by atoms with Crippen LogP contribution in [0.15, 0.2) is 0 Å². The van der Waals surface area contributed by atoms with Gasteiger partial charge < -0.3 is 19.8 Å². The molecule has 3 rings (SSSR count). The van der Waals surface area contributed by atoms with Crippen molar-refractivity contribution in [2.45, 2.75) is 31.9 Å². The number of carbonyl (C=O) groups is 2. The van der Waals surface area contributed by atoms with Gasteiger partial charge in [0.05, 0.1) is 12.1 Å². The summed E-state index contributed by atoms with van der Waals surface area (Å²) in [5.41, 5.74) is 0. The molecule has 0 aromatic rings. The number of nitrogens with zero attached hydrogens (tertiary/aromatic N) is 4. The van der Waals surface area contributed by atoms with Crippen LogP contribution in [0.1, 0.15) is 19.8 Å². The highest BCUT2D eigenvalue weighted by atomic mass is 16.3. The summed E-state index contributed by atoms with van der Waals surface area (Å²) in [5.74, 6) is 0.439. The Bertz CT molecular complexity index is 470. The first-order chi connectivity index (χ1) is 11.5. The minimum absolute atomic E-state index is 0.00863. The zero-order valence-electron chi connectivity index (χ0n) is 14.9. The van der Waals surface area contributed by atoms with Gasteiger partial charge in [0, 0.05) is 52.1 Å². The fourth-order valence-corrected chi connectivity index (χ4v) is 4.19. The Morgan fingerprint density at radius 3 is 2.12 bits per heavy atom. The molecule has 3 heterocycles. The molecule has 0 radical (unpaired) electrons. The lowest BCUT2D eigenvalue weighted by Crippen LogP contribution is -2.54. The fourth-order valence-electron chi connectivity index (χ4n) is 4.19. The van der Waals surface area contributed by atoms with Crippen LogP contribution in [0.5, 0.6) is 0 Å². The summed E-state index contributed by atoms with van der Waals surface area (Å²) < 4.78 is 0. The van der Waals surface area contributed by atoms with Crippen LogP contribution in [0.2, 0.25) is 0 Å². The molecule has 136 valence electrons. The Labute approximate surface area is 144 Å². The molecular formula is C17H30N4O3. The van der Waals surface area contributed by atoms with Crippen molar-refractivity contribution in [3.63, 3.8) is 0 Å². The van der Waals surface area contributed by atoms with Crippen LogP contribution in [0, 0.1) is 5.92 Å². The Balaban J connectivity index is 1.53. The second-order valence-corrected chi connectivity index (χ2v) is 7.50. The number of rotatable bonds is 2. The van der Waals surface area contributed by atoms with E-state index in [0.717, 1.165) is 39.0 Å². The Morgan fingerprint density at radius 2 is 1.54 bits per heavy atom. The summed E-state index contributed by atoms with van der Waals surface area (Å²) in [6.07, 6.45) is 1.36. The van der Waals surface area contributed by atoms with Crippen molar-refractivity contribution in [1.82, 2.24) is 19.6 Å². The highest BCUT2D eigenvalue weighted by Crippen LogP contribution is 2.24. The minimum atomic E-state index is -0.482. The smallest absolute Gasteiger partial charge is 0.225 e. The number of hydrogen-bond acceptors (Lipinski definition) is 5. The minimum Gasteiger partial charge on any atom is -0.390 e. The van der Waals surface area contributed by atoms with Gasteiger partial charge in [0.1, 0.15) is 0 Å². The summed E-state index contributed by atoms with van der Waals surface area (Å²) in [6.45, 7) is 7.59. The maximum absolute atomic E-state index is 12.7. The summed E-state index contributed by atoms with van der Waals surface area (Å²) >= 11 is 0. The molecular weight excluding hydrogens is 308 g/mol. The number of aliphatic hydroxyl groups excluding tert-OH is 1. The number of piperidine rings is 1. The van der Waals surface area contributed by atoms with E-state index in [2.05, 4.69) is 16.8 Å². The van der Waals surface area contributed by atoms with Gasteiger partial charge in [-0.25, -0.2) is 0 Å². The Morgan fingerprint density at radius 1 is 0.917 bits per heavy atom. The van der Waals surface area contributed by atoms with Gasteiger partial charge in [-0.3, -0.25) is 14.5 Å². The summed E-state index contributed by atoms with van der Waals surface area (Å²) in [7, 11) is 2.09. The van der Waals surface area contributed by atoms with Crippen molar-refractivity contribution >= 4 is 11.8 Å². The van der Waals surface area contributed by atoms with Crippen LogP contribution in [0.25, 0.3) is 0 Å². The summed E-state index contributed by atoms with van der Waals surface area (Å²) in [5, 5.41) is 10.5. The molecule has 7 nitrogen and oxygen atoms in total. The second kappa shape index (κ2) is 7.37. The van der Waals surface area contributed by atoms with Crippen molar-refractivity contribution in [2.75, 3.05) is 59.4 Å². The SMILES string of the molecule is CC(=O)N1CCN([C@@H]2CN(C(=O)C3CCN(C)CC3)C[C@H]2O)CC1. The molecule has 3 fully saturated rings. The van der Waals surface area contributed by atoms with Crippen molar-refractivity contribution in [3.8, 4) is 0 Å². The molecule has 0 unspecified atom stereocenters. The van der Waals surface area contributed by atoms with Crippen LogP contribution in [0.3, 0.4) is 0 Å². The predicted molar refractivity (Wildman–Crippen MR) is 90.4 cm³/mol. The highest BCUT2D eigenvalue weighted by Gasteiger charge is 2.40. The average Bonchev–Trinajstić information content (AvgIpc) is 2.97. The van der Waals surface area contributed by atoms with Crippen molar-refractivity contribution in [2.24, 2.45) is 5.92 Å². The molecule has 0 saturated carbocycles. The first-order valence-electron chi connectivity index (χ1n) is 9.10. The molecule has 3 saturated heterocycles. The molecule has 0 aliphatic carbocycles. The lowest BCUT2D eigenvalue weighted by atomic mass is 9.96. The van der Waals surface area contributed by atoms with E-state index in [1.807, 2.05) is 9.80 Å². The number of hydrogen-bond donors (Lipinski definition) is 1. The topological polar surface area (TPSA) is 67.3 Å². The van der Waals surface area contributed by atoms with Crippen LogP contribution in [0.4, 0.5) is 0 Å². The number of carbonyl (C=O) groups excluding carboxylic acids is 2. The first kappa shape index (κ1) is 17.6. The second-order valence-electron chi connectivity index (χ2n) is 7.50. The van der Waals surface area contributed by atoms with Crippen LogP contribution in [-0.4, -0.2) is 108 Å². The summed E-state index contributed by atoms with van der Waals surface area (Å²) in [6, 6.07) is 0.00863. The molecule has 0 aromatic heterocycles. The van der Waals surface area contributed by atoms with Gasteiger partial charge in [-0.1, -0.05) is 0 Å². The van der Waals surface area contributed by atoms with E-state index in [9.17, 15) is 14.7 Å². The van der Waals surface area contributed by atoms with Crippen molar-refractivity contribution in [3.05, 3.63) is 0 Å². The third-order valence-corrected chi connectivity index (χ3v) is 5.87. The molecule has 24 heavy (non-hydrogen) atoms. The molecule has 3 aliphatic heterocycles. The lowest BCUT2D eigenvalue weighted by Gasteiger charge is -2.38. The Kier molecular flexibility index (Phi) is 5.42. The zero-order valence-corrected chi connectivity index (χ0v) is 14.9. The maximum atomic E-state index is 12.7. The van der Waals surface area contributed by atoms with E-state index in [4.69, 9.17) is 0 Å². The monoisotopic (exact) mass is 338 g/mol. The number of piperazine rings is 1. The average molecular weight is 338 g/mol. The maximum Gasteiger partial charge on any atom is 0.225 e. The van der Waals surface area contributed by atoms with Gasteiger partial charge in [0.2, 0.25) is 11.8 Å². The van der Waals surface area contributed by atoms with Crippen molar-refractivity contribution < 1.29 is 14.7 Å². The van der Waals surface area contributed by atoms with Crippen molar-refractivity contribution in [1.29, 1.82) is 0 Å². The van der Waals surface area contributed by atoms with Gasteiger partial charge in [0.25, 0.3) is 0 Å². The fraction of sp³-hybridized carbons (Fsp3) is 0.882. The van der Waals surface area contributed by atoms with Crippen LogP contribution >= 0.6 is 0 Å². The van der Waals surface area contributed by atoms with Gasteiger partial charge in [-0.2, -0.15) is 0 Å². The molecule has 1 N–H and O–H groups in total. The van der Waals surface area contributed by atoms with Crippen LogP contribution in [-0.2, 0) is 9.59 Å². The third kappa shape index (κ3) is 3.73. The predicted octanol–water partition coefficient (Wildman–Crippen LogP) is -0.936. The molecule has 0 spiro atoms. The normalized spacial score (nSPS) is 30.8. The van der Waals surface area contributed by atoms with E-state index < -0.39 is 6.10 Å². The zero-order chi connectivity index (χ0) is 17.3. The van der Waals surface area contributed by atoms with E-state index in [1.165, 1.54) is 0 Å². The number of β-amino-alcohol motifs (C(OH)–C–C–N with tert-alkyl or cyclic N) is 1. The van der Waals surface area contributed by atoms with Gasteiger partial charge >= 0.3 is 0 Å². The van der Waals surface area contributed by atoms with E-state index in [-0.39, 0.29) is 23.8 Å². The first-order valence-corrected chi connectivity index (χ1v) is 9.10. The standard InChI is InChI=1S/C17H30N4O3/c1-13(22)19-7-9-20(10-8-19)15-11-21(12-16(15)23)17(24)14-3-5-18(2)6-4-14/h14-16,23H,3-12H2,1-2H3/t15-,16-/m1/s1. The van der Waals surface area contributed by atoms with Gasteiger partial charge in [0.15, 0.2) is 0 Å². The highest BCUT2D eigenvalue weighted by molar-refractivity contribution is 5.79. The molecule has 0 aromatic carbocycles. The van der Waals surface area contributed by atoms with E-state index in [0.29, 0.717) is 26.2 Å². The van der Waals surface area contributed by atoms with Crippen LogP contribution < -0.4 is 0 Å². The molecule has 3 aliphatic rings. The number of aliphatic hydroxyl groups is 1. The lowest BCUT2D eigenvalue weighted by molar-refractivity contribution is -0.136. The quantitative estimate of drug-likeness (QED) is 0.704. The third-order valence-electron chi connectivity index (χ3n) is 5.87. The van der Waals surface area contributed by atoms with E-state index >= 15 is 0 Å². The molecule has 2 atom stereocenters. The Hall–Kier alpha value is -1.18. The van der Waals surface area contributed by atoms with E-state index in [1.54, 1.807) is 6.92 Å². The molecule has 0 bridgehead atoms.